The second-order valence-corrected chi connectivity index (χ2v) is 11.3. The molecule has 1 aromatic heterocycles. The Morgan fingerprint density at radius 3 is 2.40 bits per heavy atom. The van der Waals surface area contributed by atoms with Gasteiger partial charge in [0.1, 0.15) is 23.8 Å². The third-order valence-electron chi connectivity index (χ3n) is 8.47. The maximum absolute atomic E-state index is 15.4. The fraction of sp³-hybridized carbons (Fsp3) is 0.571. The highest BCUT2D eigenvalue weighted by molar-refractivity contribution is 5.84. The maximum Gasteiger partial charge on any atom is 0.311 e. The van der Waals surface area contributed by atoms with Gasteiger partial charge in [-0.2, -0.15) is 4.39 Å². The molecule has 0 saturated carbocycles. The van der Waals surface area contributed by atoms with E-state index in [4.69, 9.17) is 4.74 Å². The molecule has 0 aliphatic carbocycles. The number of esters is 1. The van der Waals surface area contributed by atoms with Gasteiger partial charge in [-0.05, 0) is 58.7 Å². The number of piperidine rings is 2. The summed E-state index contributed by atoms with van der Waals surface area (Å²) in [6.45, 7) is 6.67. The molecule has 1 spiro atoms. The Balaban J connectivity index is 1.24. The van der Waals surface area contributed by atoms with Crippen LogP contribution in [0.4, 0.5) is 24.7 Å². The van der Waals surface area contributed by atoms with E-state index in [0.717, 1.165) is 0 Å². The van der Waals surface area contributed by atoms with Crippen LogP contribution >= 0.6 is 0 Å². The summed E-state index contributed by atoms with van der Waals surface area (Å²) in [5.41, 5.74) is -0.878. The molecule has 2 aromatic rings. The fourth-order valence-corrected chi connectivity index (χ4v) is 5.98. The number of ether oxygens (including phenoxy) is 1. The molecule has 12 heteroatoms. The monoisotopic (exact) mass is 560 g/mol. The number of amides is 1. The molecule has 5 rings (SSSR count). The van der Waals surface area contributed by atoms with Crippen molar-refractivity contribution in [3.63, 3.8) is 0 Å². The second kappa shape index (κ2) is 11.2. The van der Waals surface area contributed by atoms with Crippen molar-refractivity contribution in [1.82, 2.24) is 20.2 Å². The first-order valence-electron chi connectivity index (χ1n) is 13.8. The summed E-state index contributed by atoms with van der Waals surface area (Å²) in [4.78, 5) is 38.1. The highest BCUT2D eigenvalue weighted by atomic mass is 19.1. The lowest BCUT2D eigenvalue weighted by Gasteiger charge is -2.48. The van der Waals surface area contributed by atoms with Crippen LogP contribution in [0, 0.1) is 23.0 Å². The minimum atomic E-state index is -0.613. The maximum atomic E-state index is 15.4. The number of piperazine rings is 1. The number of rotatable bonds is 6. The lowest BCUT2D eigenvalue weighted by molar-refractivity contribution is -0.157. The minimum absolute atomic E-state index is 0.0595. The molecule has 216 valence electrons. The zero-order chi connectivity index (χ0) is 28.5. The minimum Gasteiger partial charge on any atom is -0.466 e. The van der Waals surface area contributed by atoms with Crippen LogP contribution in [-0.4, -0.2) is 78.2 Å². The molecular weight excluding hydrogens is 525 g/mol. The number of nitrogens with one attached hydrogen (secondary N) is 1. The van der Waals surface area contributed by atoms with Gasteiger partial charge in [0, 0.05) is 43.9 Å². The summed E-state index contributed by atoms with van der Waals surface area (Å²) in [5.74, 6) is -1.72. The van der Waals surface area contributed by atoms with Gasteiger partial charge in [0.15, 0.2) is 0 Å². The largest absolute Gasteiger partial charge is 0.466 e. The van der Waals surface area contributed by atoms with Crippen LogP contribution in [0.3, 0.4) is 0 Å². The van der Waals surface area contributed by atoms with E-state index in [2.05, 4.69) is 15.3 Å². The first-order chi connectivity index (χ1) is 19.1. The highest BCUT2D eigenvalue weighted by Gasteiger charge is 2.42. The summed E-state index contributed by atoms with van der Waals surface area (Å²) in [7, 11) is 0. The Hall–Kier alpha value is -3.41. The predicted molar refractivity (Wildman–Crippen MR) is 142 cm³/mol. The van der Waals surface area contributed by atoms with E-state index in [1.54, 1.807) is 11.8 Å². The first kappa shape index (κ1) is 28.1. The van der Waals surface area contributed by atoms with Crippen molar-refractivity contribution in [3.8, 4) is 0 Å². The Bertz CT molecular complexity index is 1260. The molecule has 1 aromatic carbocycles. The number of likely N-dealkylation sites (tertiary alicyclic amines) is 1. The number of hydrogen-bond donors (Lipinski definition) is 1. The molecule has 40 heavy (non-hydrogen) atoms. The third-order valence-corrected chi connectivity index (χ3v) is 8.47. The molecule has 0 unspecified atom stereocenters. The Labute approximate surface area is 231 Å². The Kier molecular flexibility index (Phi) is 7.89. The molecule has 0 bridgehead atoms. The number of carbonyl (C=O) groups excluding carboxylic acids is 2. The molecule has 9 nitrogen and oxygen atoms in total. The van der Waals surface area contributed by atoms with E-state index in [9.17, 15) is 14.0 Å². The van der Waals surface area contributed by atoms with Crippen LogP contribution in [0.2, 0.25) is 0 Å². The third kappa shape index (κ3) is 5.86. The standard InChI is InChI=1S/C28H35F3N6O3/c1-3-40-26(39)27(2)4-8-35(9-5-27)15-19-12-21(30)22(13-20(19)29)37-16-25(38)34-28(17-37)6-10-36(11-7-28)24-14-23(31)32-18-33-24/h12-14,18H,3-11,15-17H2,1-2H3,(H,34,38). The second-order valence-electron chi connectivity index (χ2n) is 11.3. The zero-order valence-corrected chi connectivity index (χ0v) is 22.9. The first-order valence-corrected chi connectivity index (χ1v) is 13.8. The van der Waals surface area contributed by atoms with Crippen molar-refractivity contribution in [1.29, 1.82) is 0 Å². The normalized spacial score (nSPS) is 20.9. The van der Waals surface area contributed by atoms with Crippen LogP contribution in [0.15, 0.2) is 24.5 Å². The van der Waals surface area contributed by atoms with Gasteiger partial charge in [0.25, 0.3) is 0 Å². The van der Waals surface area contributed by atoms with Crippen molar-refractivity contribution < 1.29 is 27.5 Å². The van der Waals surface area contributed by atoms with E-state index in [1.807, 2.05) is 16.7 Å². The van der Waals surface area contributed by atoms with Crippen LogP contribution in [0.5, 0.6) is 0 Å². The van der Waals surface area contributed by atoms with E-state index in [0.29, 0.717) is 70.8 Å². The quantitative estimate of drug-likeness (QED) is 0.426. The molecule has 3 saturated heterocycles. The van der Waals surface area contributed by atoms with Gasteiger partial charge in [-0.1, -0.05) is 0 Å². The van der Waals surface area contributed by atoms with E-state index in [1.165, 1.54) is 24.5 Å². The number of nitrogens with zero attached hydrogens (tertiary/aromatic N) is 5. The lowest BCUT2D eigenvalue weighted by atomic mass is 9.80. The van der Waals surface area contributed by atoms with Crippen molar-refractivity contribution in [2.24, 2.45) is 5.41 Å². The molecule has 3 aliphatic rings. The van der Waals surface area contributed by atoms with Gasteiger partial charge >= 0.3 is 5.97 Å². The molecule has 3 aliphatic heterocycles. The smallest absolute Gasteiger partial charge is 0.311 e. The van der Waals surface area contributed by atoms with Gasteiger partial charge < -0.3 is 19.9 Å². The van der Waals surface area contributed by atoms with E-state index in [-0.39, 0.29) is 36.2 Å². The summed E-state index contributed by atoms with van der Waals surface area (Å²) in [5, 5.41) is 3.07. The summed E-state index contributed by atoms with van der Waals surface area (Å²) in [6, 6.07) is 3.67. The molecule has 0 radical (unpaired) electrons. The van der Waals surface area contributed by atoms with Crippen LogP contribution in [0.25, 0.3) is 0 Å². The molecule has 4 heterocycles. The highest BCUT2D eigenvalue weighted by Crippen LogP contribution is 2.35. The summed E-state index contributed by atoms with van der Waals surface area (Å²) < 4.78 is 49.4. The Morgan fingerprint density at radius 2 is 1.73 bits per heavy atom. The number of aromatic nitrogens is 2. The number of carbonyl (C=O) groups is 2. The van der Waals surface area contributed by atoms with Gasteiger partial charge in [-0.3, -0.25) is 14.5 Å². The van der Waals surface area contributed by atoms with Crippen LogP contribution in [0.1, 0.15) is 45.1 Å². The lowest BCUT2D eigenvalue weighted by Crippen LogP contribution is -2.66. The van der Waals surface area contributed by atoms with Gasteiger partial charge in [-0.15, -0.1) is 0 Å². The Morgan fingerprint density at radius 1 is 1.00 bits per heavy atom. The van der Waals surface area contributed by atoms with Gasteiger partial charge in [-0.25, -0.2) is 18.7 Å². The van der Waals surface area contributed by atoms with Crippen LogP contribution in [-0.2, 0) is 20.9 Å². The molecule has 0 atom stereocenters. The molecule has 3 fully saturated rings. The van der Waals surface area contributed by atoms with Crippen molar-refractivity contribution in [3.05, 3.63) is 47.7 Å². The topological polar surface area (TPSA) is 90.9 Å². The van der Waals surface area contributed by atoms with Gasteiger partial charge in [0.2, 0.25) is 11.9 Å². The summed E-state index contributed by atoms with van der Waals surface area (Å²) in [6.07, 6.45) is 3.43. The SMILES string of the molecule is CCOC(=O)C1(C)CCN(Cc2cc(F)c(N3CC(=O)NC4(CCN(c5cc(F)ncn5)CC4)C3)cc2F)CC1. The zero-order valence-electron chi connectivity index (χ0n) is 22.9. The predicted octanol–water partition coefficient (Wildman–Crippen LogP) is 3.03. The number of hydrogen-bond acceptors (Lipinski definition) is 8. The average molecular weight is 561 g/mol. The molecular formula is C28H35F3N6O3. The number of halogens is 3. The van der Waals surface area contributed by atoms with Gasteiger partial charge in [0.05, 0.1) is 29.8 Å². The van der Waals surface area contributed by atoms with Crippen LogP contribution < -0.4 is 15.1 Å². The van der Waals surface area contributed by atoms with Crippen molar-refractivity contribution in [2.45, 2.75) is 51.6 Å². The van der Waals surface area contributed by atoms with Crippen molar-refractivity contribution in [2.75, 3.05) is 55.7 Å². The number of benzene rings is 1. The van der Waals surface area contributed by atoms with Crippen molar-refractivity contribution >= 4 is 23.4 Å². The van der Waals surface area contributed by atoms with E-state index < -0.39 is 28.5 Å². The number of anilines is 2. The molecule has 1 amide bonds. The summed E-state index contributed by atoms with van der Waals surface area (Å²) >= 11 is 0. The van der Waals surface area contributed by atoms with E-state index >= 15 is 8.78 Å². The molecule has 1 N–H and O–H groups in total. The fourth-order valence-electron chi connectivity index (χ4n) is 5.98. The average Bonchev–Trinajstić information content (AvgIpc) is 2.92.